The van der Waals surface area contributed by atoms with E-state index >= 15 is 0 Å². The number of halogens is 1. The minimum absolute atomic E-state index is 0.809. The van der Waals surface area contributed by atoms with Crippen molar-refractivity contribution >= 4 is 17.3 Å². The molecule has 3 heteroatoms. The summed E-state index contributed by atoms with van der Waals surface area (Å²) in [5.41, 5.74) is 5.14. The number of benzene rings is 1. The molecular formula is C15H17ClN2. The van der Waals surface area contributed by atoms with Crippen molar-refractivity contribution < 1.29 is 0 Å². The van der Waals surface area contributed by atoms with Gasteiger partial charge in [-0.25, -0.2) is 0 Å². The highest BCUT2D eigenvalue weighted by atomic mass is 35.5. The topological polar surface area (TPSA) is 24.1 Å². The summed E-state index contributed by atoms with van der Waals surface area (Å²) < 4.78 is 0. The van der Waals surface area contributed by atoms with Crippen LogP contribution in [0.4, 0.5) is 0 Å². The number of nitrogens with one attached hydrogen (secondary N) is 2. The molecule has 2 aliphatic rings. The Morgan fingerprint density at radius 2 is 2.00 bits per heavy atom. The van der Waals surface area contributed by atoms with Gasteiger partial charge in [-0.3, -0.25) is 0 Å². The first-order valence-corrected chi connectivity index (χ1v) is 6.86. The molecule has 2 nitrogen and oxygen atoms in total. The van der Waals surface area contributed by atoms with Crippen molar-refractivity contribution in [1.29, 1.82) is 0 Å². The fourth-order valence-electron chi connectivity index (χ4n) is 2.60. The Balaban J connectivity index is 1.92. The molecule has 1 aromatic carbocycles. The molecule has 0 amide bonds. The highest BCUT2D eigenvalue weighted by Gasteiger charge is 2.17. The van der Waals surface area contributed by atoms with Crippen LogP contribution in [0.3, 0.4) is 0 Å². The van der Waals surface area contributed by atoms with Gasteiger partial charge in [0.2, 0.25) is 0 Å². The van der Waals surface area contributed by atoms with Crippen molar-refractivity contribution in [3.63, 3.8) is 0 Å². The Morgan fingerprint density at radius 1 is 1.11 bits per heavy atom. The SMILES string of the molecule is Clc1ccccc1C1=CCCC2=C(CNCC2)N1. The van der Waals surface area contributed by atoms with E-state index in [1.54, 1.807) is 5.57 Å². The normalized spacial score (nSPS) is 19.7. The lowest BCUT2D eigenvalue weighted by Crippen LogP contribution is -2.31. The van der Waals surface area contributed by atoms with E-state index in [1.807, 2.05) is 18.2 Å². The number of rotatable bonds is 1. The van der Waals surface area contributed by atoms with E-state index < -0.39 is 0 Å². The molecule has 0 spiro atoms. The van der Waals surface area contributed by atoms with Crippen molar-refractivity contribution in [1.82, 2.24) is 10.6 Å². The van der Waals surface area contributed by atoms with Crippen LogP contribution in [0.25, 0.3) is 5.70 Å². The molecule has 18 heavy (non-hydrogen) atoms. The van der Waals surface area contributed by atoms with E-state index in [-0.39, 0.29) is 0 Å². The Labute approximate surface area is 113 Å². The highest BCUT2D eigenvalue weighted by Crippen LogP contribution is 2.28. The predicted molar refractivity (Wildman–Crippen MR) is 76.3 cm³/mol. The van der Waals surface area contributed by atoms with Gasteiger partial charge in [-0.2, -0.15) is 0 Å². The Morgan fingerprint density at radius 3 is 2.89 bits per heavy atom. The van der Waals surface area contributed by atoms with E-state index in [0.29, 0.717) is 0 Å². The zero-order chi connectivity index (χ0) is 12.4. The molecule has 0 unspecified atom stereocenters. The lowest BCUT2D eigenvalue weighted by atomic mass is 10.0. The van der Waals surface area contributed by atoms with Gasteiger partial charge in [-0.1, -0.05) is 35.9 Å². The van der Waals surface area contributed by atoms with Crippen LogP contribution < -0.4 is 10.6 Å². The van der Waals surface area contributed by atoms with Crippen LogP contribution in [0.5, 0.6) is 0 Å². The molecule has 94 valence electrons. The molecule has 2 heterocycles. The van der Waals surface area contributed by atoms with Crippen LogP contribution in [-0.4, -0.2) is 13.1 Å². The molecule has 0 saturated heterocycles. The summed E-state index contributed by atoms with van der Waals surface area (Å²) in [6.45, 7) is 2.04. The molecule has 0 aromatic heterocycles. The van der Waals surface area contributed by atoms with E-state index in [1.165, 1.54) is 5.70 Å². The summed E-state index contributed by atoms with van der Waals surface area (Å²) >= 11 is 6.27. The van der Waals surface area contributed by atoms with E-state index in [2.05, 4.69) is 22.8 Å². The molecule has 2 N–H and O–H groups in total. The van der Waals surface area contributed by atoms with E-state index in [9.17, 15) is 0 Å². The van der Waals surface area contributed by atoms with Gasteiger partial charge in [0.05, 0.1) is 0 Å². The van der Waals surface area contributed by atoms with E-state index in [0.717, 1.165) is 48.6 Å². The molecule has 1 aromatic rings. The maximum Gasteiger partial charge on any atom is 0.0499 e. The van der Waals surface area contributed by atoms with Gasteiger partial charge in [0.15, 0.2) is 0 Å². The zero-order valence-electron chi connectivity index (χ0n) is 10.3. The van der Waals surface area contributed by atoms with Gasteiger partial charge < -0.3 is 10.6 Å². The first-order chi connectivity index (χ1) is 8.84. The summed E-state index contributed by atoms with van der Waals surface area (Å²) in [7, 11) is 0. The van der Waals surface area contributed by atoms with Crippen LogP contribution in [0.15, 0.2) is 41.6 Å². The smallest absolute Gasteiger partial charge is 0.0499 e. The van der Waals surface area contributed by atoms with Crippen molar-refractivity contribution in [2.45, 2.75) is 19.3 Å². The molecule has 0 bridgehead atoms. The molecule has 0 radical (unpaired) electrons. The molecule has 0 fully saturated rings. The van der Waals surface area contributed by atoms with Crippen LogP contribution in [0.2, 0.25) is 5.02 Å². The third-order valence-electron chi connectivity index (χ3n) is 3.58. The van der Waals surface area contributed by atoms with Crippen molar-refractivity contribution in [3.8, 4) is 0 Å². The molecule has 0 saturated carbocycles. The third-order valence-corrected chi connectivity index (χ3v) is 3.91. The lowest BCUT2D eigenvalue weighted by molar-refractivity contribution is 0.640. The minimum Gasteiger partial charge on any atom is -0.358 e. The van der Waals surface area contributed by atoms with Gasteiger partial charge in [0.25, 0.3) is 0 Å². The maximum atomic E-state index is 6.27. The van der Waals surface area contributed by atoms with E-state index in [4.69, 9.17) is 11.6 Å². The molecule has 3 rings (SSSR count). The van der Waals surface area contributed by atoms with Crippen LogP contribution in [-0.2, 0) is 0 Å². The molecule has 2 aliphatic heterocycles. The quantitative estimate of drug-likeness (QED) is 0.810. The predicted octanol–water partition coefficient (Wildman–Crippen LogP) is 3.31. The lowest BCUT2D eigenvalue weighted by Gasteiger charge is -2.22. The second-order valence-corrected chi connectivity index (χ2v) is 5.18. The monoisotopic (exact) mass is 260 g/mol. The second-order valence-electron chi connectivity index (χ2n) is 4.77. The average molecular weight is 261 g/mol. The Kier molecular flexibility index (Phi) is 3.39. The van der Waals surface area contributed by atoms with Gasteiger partial charge >= 0.3 is 0 Å². The minimum atomic E-state index is 0.809. The summed E-state index contributed by atoms with van der Waals surface area (Å²) in [5, 5.41) is 7.80. The molecule has 0 aliphatic carbocycles. The number of allylic oxidation sites excluding steroid dienone is 1. The van der Waals surface area contributed by atoms with Gasteiger partial charge in [-0.05, 0) is 37.4 Å². The highest BCUT2D eigenvalue weighted by molar-refractivity contribution is 6.32. The van der Waals surface area contributed by atoms with Gasteiger partial charge in [-0.15, -0.1) is 0 Å². The first kappa shape index (κ1) is 11.8. The number of hydrogen-bond donors (Lipinski definition) is 2. The number of hydrogen-bond acceptors (Lipinski definition) is 2. The Bertz CT molecular complexity index is 517. The molecule has 0 atom stereocenters. The maximum absolute atomic E-state index is 6.27. The average Bonchev–Trinajstić information content (AvgIpc) is 2.61. The van der Waals surface area contributed by atoms with Crippen LogP contribution in [0.1, 0.15) is 24.8 Å². The first-order valence-electron chi connectivity index (χ1n) is 6.48. The van der Waals surface area contributed by atoms with Crippen molar-refractivity contribution in [3.05, 3.63) is 52.2 Å². The zero-order valence-corrected chi connectivity index (χ0v) is 11.1. The second kappa shape index (κ2) is 5.17. The summed E-state index contributed by atoms with van der Waals surface area (Å²) in [6.07, 6.45) is 5.68. The van der Waals surface area contributed by atoms with Gasteiger partial charge in [0, 0.05) is 28.5 Å². The standard InChI is InChI=1S/C15H17ClN2/c16-13-6-2-1-5-12(13)14-7-3-4-11-8-9-17-10-15(11)18-14/h1-2,5-7,17-18H,3-4,8-10H2. The van der Waals surface area contributed by atoms with Crippen LogP contribution in [0, 0.1) is 0 Å². The van der Waals surface area contributed by atoms with Crippen molar-refractivity contribution in [2.24, 2.45) is 0 Å². The van der Waals surface area contributed by atoms with Crippen molar-refractivity contribution in [2.75, 3.05) is 13.1 Å². The van der Waals surface area contributed by atoms with Gasteiger partial charge in [0.1, 0.15) is 0 Å². The fraction of sp³-hybridized carbons (Fsp3) is 0.333. The summed E-state index contributed by atoms with van der Waals surface area (Å²) in [5.74, 6) is 0. The molecular weight excluding hydrogens is 244 g/mol. The fourth-order valence-corrected chi connectivity index (χ4v) is 2.84. The van der Waals surface area contributed by atoms with Crippen LogP contribution >= 0.6 is 11.6 Å². The third kappa shape index (κ3) is 2.31. The summed E-state index contributed by atoms with van der Waals surface area (Å²) in [4.78, 5) is 0. The summed E-state index contributed by atoms with van der Waals surface area (Å²) in [6, 6.07) is 8.01. The largest absolute Gasteiger partial charge is 0.358 e. The Hall–Kier alpha value is -1.25.